The van der Waals surface area contributed by atoms with Gasteiger partial charge in [0.05, 0.1) is 17.1 Å². The molecule has 0 bridgehead atoms. The molecular formula is C18H15ClN6O2. The Morgan fingerprint density at radius 2 is 2.15 bits per heavy atom. The largest absolute Gasteiger partial charge is 0.377 e. The van der Waals surface area contributed by atoms with Gasteiger partial charge in [-0.15, -0.1) is 0 Å². The summed E-state index contributed by atoms with van der Waals surface area (Å²) in [6.45, 7) is 4.17. The van der Waals surface area contributed by atoms with Crippen molar-refractivity contribution < 1.29 is 4.52 Å². The van der Waals surface area contributed by atoms with Gasteiger partial charge in [-0.3, -0.25) is 4.68 Å². The van der Waals surface area contributed by atoms with Crippen LogP contribution < -0.4 is 5.69 Å². The molecule has 1 N–H and O–H groups in total. The number of H-pyrrole nitrogens is 1. The van der Waals surface area contributed by atoms with Crippen LogP contribution in [0, 0.1) is 0 Å². The summed E-state index contributed by atoms with van der Waals surface area (Å²) in [7, 11) is 0. The zero-order valence-electron chi connectivity index (χ0n) is 14.6. The fraction of sp³-hybridized carbons (Fsp3) is 0.222. The molecule has 0 fully saturated rings. The molecule has 0 unspecified atom stereocenters. The molecule has 0 amide bonds. The van der Waals surface area contributed by atoms with Gasteiger partial charge < -0.3 is 9.09 Å². The van der Waals surface area contributed by atoms with Crippen LogP contribution in [0.15, 0.2) is 40.0 Å². The molecule has 0 saturated heterocycles. The molecule has 136 valence electrons. The van der Waals surface area contributed by atoms with Gasteiger partial charge in [0.2, 0.25) is 0 Å². The fourth-order valence-electron chi connectivity index (χ4n) is 3.40. The first kappa shape index (κ1) is 16.1. The predicted molar refractivity (Wildman–Crippen MR) is 99.1 cm³/mol. The number of imidazole rings is 1. The molecule has 4 heterocycles. The third kappa shape index (κ3) is 2.44. The number of fused-ring (bicyclic) bond motifs is 5. The van der Waals surface area contributed by atoms with Crippen molar-refractivity contribution in [3.05, 3.63) is 57.5 Å². The second-order valence-electron chi connectivity index (χ2n) is 6.75. The summed E-state index contributed by atoms with van der Waals surface area (Å²) < 4.78 is 9.10. The lowest BCUT2D eigenvalue weighted by Gasteiger charge is -2.10. The first-order chi connectivity index (χ1) is 13.0. The second kappa shape index (κ2) is 5.68. The predicted octanol–water partition coefficient (Wildman–Crippen LogP) is 3.22. The van der Waals surface area contributed by atoms with E-state index in [4.69, 9.17) is 21.2 Å². The van der Waals surface area contributed by atoms with Crippen LogP contribution in [0.4, 0.5) is 0 Å². The van der Waals surface area contributed by atoms with E-state index in [1.54, 1.807) is 6.33 Å². The molecule has 9 heteroatoms. The summed E-state index contributed by atoms with van der Waals surface area (Å²) in [5, 5.41) is 7.65. The zero-order chi connectivity index (χ0) is 18.7. The van der Waals surface area contributed by atoms with Crippen LogP contribution in [0.25, 0.3) is 28.5 Å². The molecule has 0 spiro atoms. The minimum absolute atomic E-state index is 0.170. The number of hydrogen-bond donors (Lipinski definition) is 1. The third-order valence-electron chi connectivity index (χ3n) is 4.68. The van der Waals surface area contributed by atoms with E-state index in [0.29, 0.717) is 17.1 Å². The lowest BCUT2D eigenvalue weighted by Crippen LogP contribution is -2.03. The second-order valence-corrected chi connectivity index (χ2v) is 7.19. The van der Waals surface area contributed by atoms with Gasteiger partial charge in [0.15, 0.2) is 5.69 Å². The topological polar surface area (TPSA) is 94.5 Å². The van der Waals surface area contributed by atoms with E-state index in [1.807, 2.05) is 33.6 Å². The van der Waals surface area contributed by atoms with Crippen LogP contribution in [0.5, 0.6) is 0 Å². The maximum Gasteiger partial charge on any atom is 0.377 e. The Kier molecular flexibility index (Phi) is 3.38. The first-order valence-electron chi connectivity index (χ1n) is 8.51. The lowest BCUT2D eigenvalue weighted by molar-refractivity contribution is 0.423. The van der Waals surface area contributed by atoms with Gasteiger partial charge in [0, 0.05) is 34.8 Å². The molecule has 1 aliphatic heterocycles. The average Bonchev–Trinajstić information content (AvgIpc) is 3.32. The summed E-state index contributed by atoms with van der Waals surface area (Å²) >= 11 is 6.27. The summed E-state index contributed by atoms with van der Waals surface area (Å²) in [4.78, 5) is 19.7. The van der Waals surface area contributed by atoms with Crippen LogP contribution in [0.1, 0.15) is 31.1 Å². The average molecular weight is 383 g/mol. The highest BCUT2D eigenvalue weighted by atomic mass is 35.5. The molecule has 8 nitrogen and oxygen atoms in total. The van der Waals surface area contributed by atoms with Crippen LogP contribution in [0.3, 0.4) is 0 Å². The van der Waals surface area contributed by atoms with Gasteiger partial charge in [0.25, 0.3) is 5.89 Å². The number of halogens is 1. The molecule has 0 radical (unpaired) electrons. The smallest absolute Gasteiger partial charge is 0.355 e. The van der Waals surface area contributed by atoms with Crippen molar-refractivity contribution in [2.24, 2.45) is 0 Å². The van der Waals surface area contributed by atoms with Gasteiger partial charge in [-0.1, -0.05) is 11.6 Å². The minimum atomic E-state index is -0.541. The Morgan fingerprint density at radius 1 is 1.30 bits per heavy atom. The van der Waals surface area contributed by atoms with Gasteiger partial charge in [-0.05, 0) is 32.0 Å². The molecule has 0 saturated carbocycles. The maximum atomic E-state index is 11.4. The summed E-state index contributed by atoms with van der Waals surface area (Å²) in [5.74, 6) is 0.170. The van der Waals surface area contributed by atoms with E-state index in [0.717, 1.165) is 28.2 Å². The summed E-state index contributed by atoms with van der Waals surface area (Å²) in [6.07, 6.45) is 4.31. The van der Waals surface area contributed by atoms with Crippen molar-refractivity contribution in [3.63, 3.8) is 0 Å². The molecule has 0 atom stereocenters. The van der Waals surface area contributed by atoms with E-state index in [9.17, 15) is 4.79 Å². The van der Waals surface area contributed by atoms with E-state index in [-0.39, 0.29) is 11.9 Å². The third-order valence-corrected chi connectivity index (χ3v) is 4.91. The van der Waals surface area contributed by atoms with Gasteiger partial charge in [-0.2, -0.15) is 15.2 Å². The Bertz CT molecular complexity index is 1230. The van der Waals surface area contributed by atoms with Crippen LogP contribution >= 0.6 is 11.6 Å². The number of nitrogens with one attached hydrogen (secondary N) is 1. The summed E-state index contributed by atoms with van der Waals surface area (Å²) in [5.41, 5.74) is 4.64. The Hall–Kier alpha value is -3.13. The number of aromatic nitrogens is 6. The van der Waals surface area contributed by atoms with E-state index in [2.05, 4.69) is 29.0 Å². The fourth-order valence-corrected chi connectivity index (χ4v) is 3.57. The Morgan fingerprint density at radius 3 is 2.89 bits per heavy atom. The van der Waals surface area contributed by atoms with Gasteiger partial charge >= 0.3 is 5.69 Å². The van der Waals surface area contributed by atoms with Gasteiger partial charge in [-0.25, -0.2) is 9.78 Å². The first-order valence-corrected chi connectivity index (χ1v) is 8.89. The van der Waals surface area contributed by atoms with E-state index < -0.39 is 5.69 Å². The number of aromatic amines is 1. The van der Waals surface area contributed by atoms with Gasteiger partial charge in [0.1, 0.15) is 6.33 Å². The Balaban J connectivity index is 1.80. The minimum Gasteiger partial charge on any atom is -0.355 e. The van der Waals surface area contributed by atoms with Crippen molar-refractivity contribution in [1.29, 1.82) is 0 Å². The van der Waals surface area contributed by atoms with Crippen molar-refractivity contribution in [1.82, 2.24) is 29.5 Å². The van der Waals surface area contributed by atoms with Crippen molar-refractivity contribution in [2.45, 2.75) is 26.3 Å². The van der Waals surface area contributed by atoms with E-state index >= 15 is 0 Å². The summed E-state index contributed by atoms with van der Waals surface area (Å²) in [6, 6.07) is 5.92. The number of hydrogen-bond acceptors (Lipinski definition) is 5. The zero-order valence-corrected chi connectivity index (χ0v) is 15.4. The van der Waals surface area contributed by atoms with Crippen LogP contribution in [0.2, 0.25) is 5.02 Å². The van der Waals surface area contributed by atoms with Crippen molar-refractivity contribution in [2.75, 3.05) is 0 Å². The molecule has 27 heavy (non-hydrogen) atoms. The van der Waals surface area contributed by atoms with Crippen LogP contribution in [-0.4, -0.2) is 29.5 Å². The number of benzene rings is 1. The Labute approximate surface area is 158 Å². The molecule has 4 aromatic rings. The maximum absolute atomic E-state index is 11.4. The SMILES string of the molecule is CC(C)n1cc2c(n1)-c1cc(Cl)ccc1-n1cnc(-c3nc(=O)[nH]o3)c1C2. The number of rotatable bonds is 2. The van der Waals surface area contributed by atoms with Crippen LogP contribution in [-0.2, 0) is 6.42 Å². The number of nitrogens with zero attached hydrogens (tertiary/aromatic N) is 5. The molecule has 5 rings (SSSR count). The molecule has 3 aromatic heterocycles. The van der Waals surface area contributed by atoms with Crippen molar-refractivity contribution >= 4 is 11.6 Å². The molecule has 0 aliphatic carbocycles. The quantitative estimate of drug-likeness (QED) is 0.506. The highest BCUT2D eigenvalue weighted by molar-refractivity contribution is 6.31. The normalized spacial score (nSPS) is 12.6. The standard InChI is InChI=1S/C18H15ClN6O2/c1-9(2)25-7-10-5-14-16(17-21-18(26)23-27-17)20-8-24(14)13-4-3-11(19)6-12(13)15(10)22-25/h3-4,6-9H,5H2,1-2H3,(H,23,26). The molecular weight excluding hydrogens is 368 g/mol. The monoisotopic (exact) mass is 382 g/mol. The highest BCUT2D eigenvalue weighted by Crippen LogP contribution is 2.38. The van der Waals surface area contributed by atoms with E-state index in [1.165, 1.54) is 0 Å². The lowest BCUT2D eigenvalue weighted by atomic mass is 10.0. The molecule has 1 aromatic carbocycles. The molecule has 1 aliphatic rings. The highest BCUT2D eigenvalue weighted by Gasteiger charge is 2.27. The van der Waals surface area contributed by atoms with Crippen molar-refractivity contribution in [3.8, 4) is 28.5 Å².